The molecule has 6 heteroatoms. The van der Waals surface area contributed by atoms with E-state index in [4.69, 9.17) is 4.42 Å². The van der Waals surface area contributed by atoms with Crippen molar-refractivity contribution in [1.29, 1.82) is 0 Å². The first-order valence-corrected chi connectivity index (χ1v) is 11.0. The number of amides is 1. The predicted octanol–water partition coefficient (Wildman–Crippen LogP) is 5.76. The van der Waals surface area contributed by atoms with E-state index in [1.54, 1.807) is 31.2 Å². The monoisotopic (exact) mass is 442 g/mol. The summed E-state index contributed by atoms with van der Waals surface area (Å²) in [5.41, 5.74) is 2.17. The highest BCUT2D eigenvalue weighted by Gasteiger charge is 2.23. The topological polar surface area (TPSA) is 62.6 Å². The third-order valence-electron chi connectivity index (χ3n) is 6.10. The van der Waals surface area contributed by atoms with Crippen molar-refractivity contribution >= 4 is 28.3 Å². The summed E-state index contributed by atoms with van der Waals surface area (Å²) < 4.78 is 20.9. The molecule has 1 aliphatic heterocycles. The summed E-state index contributed by atoms with van der Waals surface area (Å²) in [4.78, 5) is 28.5. The summed E-state index contributed by atoms with van der Waals surface area (Å²) in [5, 5.41) is 3.05. The van der Waals surface area contributed by atoms with Crippen LogP contribution in [0.3, 0.4) is 0 Å². The molecule has 1 aliphatic rings. The number of fused-ring (bicyclic) bond motifs is 1. The fraction of sp³-hybridized carbons (Fsp3) is 0.185. The van der Waals surface area contributed by atoms with Gasteiger partial charge in [-0.25, -0.2) is 4.39 Å². The lowest BCUT2D eigenvalue weighted by molar-refractivity contribution is 0.102. The summed E-state index contributed by atoms with van der Waals surface area (Å²) >= 11 is 0. The van der Waals surface area contributed by atoms with Crippen molar-refractivity contribution in [1.82, 2.24) is 0 Å². The first-order chi connectivity index (χ1) is 16.0. The molecule has 33 heavy (non-hydrogen) atoms. The number of carbonyl (C=O) groups is 1. The number of halogens is 1. The van der Waals surface area contributed by atoms with Gasteiger partial charge in [-0.05, 0) is 44.0 Å². The molecular weight excluding hydrogens is 419 g/mol. The second-order valence-electron chi connectivity index (χ2n) is 8.22. The molecule has 1 aromatic heterocycles. The zero-order valence-electron chi connectivity index (χ0n) is 18.2. The van der Waals surface area contributed by atoms with Crippen LogP contribution in [0.25, 0.3) is 22.3 Å². The number of para-hydroxylation sites is 2. The van der Waals surface area contributed by atoms with Gasteiger partial charge in [0.2, 0.25) is 0 Å². The van der Waals surface area contributed by atoms with Gasteiger partial charge < -0.3 is 14.6 Å². The summed E-state index contributed by atoms with van der Waals surface area (Å²) in [7, 11) is 0. The number of carbonyl (C=O) groups excluding carboxylic acids is 1. The van der Waals surface area contributed by atoms with E-state index >= 15 is 0 Å². The zero-order valence-corrected chi connectivity index (χ0v) is 18.2. The Balaban J connectivity index is 1.61. The van der Waals surface area contributed by atoms with Crippen LogP contribution in [-0.2, 0) is 0 Å². The van der Waals surface area contributed by atoms with Crippen LogP contribution < -0.4 is 15.6 Å². The van der Waals surface area contributed by atoms with Crippen molar-refractivity contribution in [3.05, 3.63) is 93.9 Å². The minimum atomic E-state index is -0.530. The molecule has 2 heterocycles. The first-order valence-electron chi connectivity index (χ1n) is 11.0. The molecule has 0 radical (unpaired) electrons. The largest absolute Gasteiger partial charge is 0.455 e. The van der Waals surface area contributed by atoms with E-state index in [-0.39, 0.29) is 22.3 Å². The Hall–Kier alpha value is -3.93. The maximum atomic E-state index is 14.8. The Labute approximate surface area is 190 Å². The van der Waals surface area contributed by atoms with Gasteiger partial charge in [-0.3, -0.25) is 9.59 Å². The quantitative estimate of drug-likeness (QED) is 0.437. The van der Waals surface area contributed by atoms with Crippen LogP contribution in [0, 0.1) is 12.7 Å². The van der Waals surface area contributed by atoms with Crippen LogP contribution in [0.5, 0.6) is 0 Å². The van der Waals surface area contributed by atoms with Crippen LogP contribution in [0.2, 0.25) is 0 Å². The molecule has 4 aromatic rings. The second kappa shape index (κ2) is 8.54. The Morgan fingerprint density at radius 3 is 2.45 bits per heavy atom. The molecule has 1 amide bonds. The summed E-state index contributed by atoms with van der Waals surface area (Å²) in [5.74, 6) is -0.621. The van der Waals surface area contributed by atoms with Crippen LogP contribution in [-0.4, -0.2) is 19.0 Å². The van der Waals surface area contributed by atoms with Crippen molar-refractivity contribution in [2.75, 3.05) is 23.3 Å². The number of nitrogens with one attached hydrogen (secondary N) is 1. The maximum absolute atomic E-state index is 14.8. The standard InChI is InChI=1S/C27H23FN2O3/c1-17-24(31)19-11-7-12-20(26(19)33-25(17)18-9-3-2-4-10-18)27(32)29-23-21(28)13-8-14-22(23)30-15-5-6-16-30/h2-4,7-14H,5-6,15-16H2,1H3,(H,29,32). The number of hydrogen-bond donors (Lipinski definition) is 1. The fourth-order valence-corrected chi connectivity index (χ4v) is 4.39. The predicted molar refractivity (Wildman–Crippen MR) is 128 cm³/mol. The molecule has 0 spiro atoms. The van der Waals surface area contributed by atoms with Crippen molar-refractivity contribution in [3.63, 3.8) is 0 Å². The number of hydrogen-bond acceptors (Lipinski definition) is 4. The van der Waals surface area contributed by atoms with E-state index in [0.29, 0.717) is 22.4 Å². The molecule has 0 atom stereocenters. The molecule has 0 saturated carbocycles. The van der Waals surface area contributed by atoms with Gasteiger partial charge in [0, 0.05) is 24.2 Å². The lowest BCUT2D eigenvalue weighted by atomic mass is 10.0. The van der Waals surface area contributed by atoms with Gasteiger partial charge in [0.15, 0.2) is 11.0 Å². The highest BCUT2D eigenvalue weighted by atomic mass is 19.1. The van der Waals surface area contributed by atoms with Crippen LogP contribution in [0.4, 0.5) is 15.8 Å². The lowest BCUT2D eigenvalue weighted by Gasteiger charge is -2.22. The molecule has 1 N–H and O–H groups in total. The minimum Gasteiger partial charge on any atom is -0.455 e. The highest BCUT2D eigenvalue weighted by Crippen LogP contribution is 2.33. The van der Waals surface area contributed by atoms with Crippen molar-refractivity contribution in [2.45, 2.75) is 19.8 Å². The Morgan fingerprint density at radius 1 is 0.970 bits per heavy atom. The molecule has 1 saturated heterocycles. The van der Waals surface area contributed by atoms with Gasteiger partial charge in [0.05, 0.1) is 16.6 Å². The number of benzene rings is 3. The fourth-order valence-electron chi connectivity index (χ4n) is 4.39. The Morgan fingerprint density at radius 2 is 1.70 bits per heavy atom. The molecule has 5 nitrogen and oxygen atoms in total. The molecule has 0 unspecified atom stereocenters. The number of nitrogens with zero attached hydrogens (tertiary/aromatic N) is 1. The lowest BCUT2D eigenvalue weighted by Crippen LogP contribution is -2.22. The zero-order chi connectivity index (χ0) is 22.9. The maximum Gasteiger partial charge on any atom is 0.259 e. The normalized spacial score (nSPS) is 13.5. The third kappa shape index (κ3) is 3.78. The molecule has 166 valence electrons. The molecule has 1 fully saturated rings. The van der Waals surface area contributed by atoms with E-state index in [9.17, 15) is 14.0 Å². The van der Waals surface area contributed by atoms with Crippen LogP contribution in [0.15, 0.2) is 75.9 Å². The summed E-state index contributed by atoms with van der Waals surface area (Å²) in [6, 6.07) is 18.9. The van der Waals surface area contributed by atoms with Crippen molar-refractivity contribution in [2.24, 2.45) is 0 Å². The molecule has 0 aliphatic carbocycles. The van der Waals surface area contributed by atoms with Crippen LogP contribution in [0.1, 0.15) is 28.8 Å². The first kappa shape index (κ1) is 20.9. The SMILES string of the molecule is Cc1c(-c2ccccc2)oc2c(C(=O)Nc3c(F)cccc3N3CCCC3)cccc2c1=O. The minimum absolute atomic E-state index is 0.138. The highest BCUT2D eigenvalue weighted by molar-refractivity contribution is 6.12. The Bertz CT molecular complexity index is 1410. The molecule has 0 bridgehead atoms. The van der Waals surface area contributed by atoms with E-state index in [0.717, 1.165) is 31.5 Å². The Kier molecular flexibility index (Phi) is 5.42. The van der Waals surface area contributed by atoms with E-state index in [1.165, 1.54) is 6.07 Å². The molecular formula is C27H23FN2O3. The number of anilines is 2. The van der Waals surface area contributed by atoms with Gasteiger partial charge in [-0.15, -0.1) is 0 Å². The average molecular weight is 442 g/mol. The number of rotatable bonds is 4. The van der Waals surface area contributed by atoms with E-state index in [1.807, 2.05) is 36.4 Å². The van der Waals surface area contributed by atoms with Gasteiger partial charge in [-0.1, -0.05) is 42.5 Å². The van der Waals surface area contributed by atoms with Gasteiger partial charge >= 0.3 is 0 Å². The van der Waals surface area contributed by atoms with Gasteiger partial charge in [0.25, 0.3) is 5.91 Å². The third-order valence-corrected chi connectivity index (χ3v) is 6.10. The second-order valence-corrected chi connectivity index (χ2v) is 8.22. The van der Waals surface area contributed by atoms with E-state index in [2.05, 4.69) is 10.2 Å². The van der Waals surface area contributed by atoms with Crippen LogP contribution >= 0.6 is 0 Å². The molecule has 3 aromatic carbocycles. The average Bonchev–Trinajstić information content (AvgIpc) is 3.37. The smallest absolute Gasteiger partial charge is 0.259 e. The summed E-state index contributed by atoms with van der Waals surface area (Å²) in [6.45, 7) is 3.34. The van der Waals surface area contributed by atoms with Gasteiger partial charge in [0.1, 0.15) is 17.3 Å². The van der Waals surface area contributed by atoms with Crippen molar-refractivity contribution in [3.8, 4) is 11.3 Å². The van der Waals surface area contributed by atoms with Gasteiger partial charge in [-0.2, -0.15) is 0 Å². The van der Waals surface area contributed by atoms with Crippen molar-refractivity contribution < 1.29 is 13.6 Å². The molecule has 5 rings (SSSR count). The summed E-state index contributed by atoms with van der Waals surface area (Å²) in [6.07, 6.45) is 2.06. The van der Waals surface area contributed by atoms with E-state index < -0.39 is 11.7 Å².